The Bertz CT molecular complexity index is 478. The van der Waals surface area contributed by atoms with Crippen LogP contribution in [0.2, 0.25) is 0 Å². The molecule has 15 heavy (non-hydrogen) atoms. The van der Waals surface area contributed by atoms with Crippen molar-refractivity contribution in [1.29, 1.82) is 0 Å². The van der Waals surface area contributed by atoms with Gasteiger partial charge in [0.1, 0.15) is 0 Å². The van der Waals surface area contributed by atoms with Gasteiger partial charge in [-0.15, -0.1) is 0 Å². The summed E-state index contributed by atoms with van der Waals surface area (Å²) < 4.78 is 0. The summed E-state index contributed by atoms with van der Waals surface area (Å²) in [5.41, 5.74) is 5.13. The van der Waals surface area contributed by atoms with Gasteiger partial charge < -0.3 is 5.32 Å². The summed E-state index contributed by atoms with van der Waals surface area (Å²) in [6.07, 6.45) is 11.1. The standard InChI is InChI=1S/C14H13N/c1-3-7-13-11(5-1)9-10-12-6-2-4-8-14(12)15-13/h1,3-5,7-10,15H,2,6H2. The number of benzene rings is 1. The van der Waals surface area contributed by atoms with E-state index in [9.17, 15) is 0 Å². The molecule has 1 aliphatic carbocycles. The average molecular weight is 195 g/mol. The second-order valence-electron chi connectivity index (χ2n) is 3.93. The van der Waals surface area contributed by atoms with Crippen molar-refractivity contribution in [3.05, 3.63) is 59.3 Å². The van der Waals surface area contributed by atoms with Gasteiger partial charge in [0.15, 0.2) is 0 Å². The second kappa shape index (κ2) is 3.43. The summed E-state index contributed by atoms with van der Waals surface area (Å²) >= 11 is 0. The molecular weight excluding hydrogens is 182 g/mol. The van der Waals surface area contributed by atoms with Crippen molar-refractivity contribution in [1.82, 2.24) is 0 Å². The highest BCUT2D eigenvalue weighted by Gasteiger charge is 2.10. The van der Waals surface area contributed by atoms with Crippen LogP contribution in [0.3, 0.4) is 0 Å². The van der Waals surface area contributed by atoms with Crippen LogP contribution in [0.4, 0.5) is 5.69 Å². The highest BCUT2D eigenvalue weighted by atomic mass is 14.9. The molecule has 0 fully saturated rings. The normalized spacial score (nSPS) is 17.9. The Morgan fingerprint density at radius 3 is 2.93 bits per heavy atom. The fourth-order valence-corrected chi connectivity index (χ4v) is 2.07. The van der Waals surface area contributed by atoms with Gasteiger partial charge in [-0.3, -0.25) is 0 Å². The lowest BCUT2D eigenvalue weighted by Crippen LogP contribution is -2.02. The van der Waals surface area contributed by atoms with Crippen molar-refractivity contribution in [2.45, 2.75) is 12.8 Å². The SMILES string of the molecule is C1=CC2=C(C=Cc3ccccc3N2)CC1. The second-order valence-corrected chi connectivity index (χ2v) is 3.93. The number of allylic oxidation sites excluding steroid dienone is 4. The van der Waals surface area contributed by atoms with Crippen molar-refractivity contribution in [2.24, 2.45) is 0 Å². The third-order valence-corrected chi connectivity index (χ3v) is 2.91. The van der Waals surface area contributed by atoms with Crippen molar-refractivity contribution in [2.75, 3.05) is 5.32 Å². The summed E-state index contributed by atoms with van der Waals surface area (Å²) in [5.74, 6) is 0. The lowest BCUT2D eigenvalue weighted by molar-refractivity contribution is 0.973. The molecule has 1 heteroatoms. The number of rotatable bonds is 0. The molecule has 1 aromatic carbocycles. The molecule has 1 heterocycles. The Morgan fingerprint density at radius 2 is 1.93 bits per heavy atom. The fourth-order valence-electron chi connectivity index (χ4n) is 2.07. The van der Waals surface area contributed by atoms with E-state index in [-0.39, 0.29) is 0 Å². The predicted molar refractivity (Wildman–Crippen MR) is 64.5 cm³/mol. The van der Waals surface area contributed by atoms with Gasteiger partial charge in [0.25, 0.3) is 0 Å². The quantitative estimate of drug-likeness (QED) is 0.665. The molecule has 0 bridgehead atoms. The van der Waals surface area contributed by atoms with E-state index in [0.717, 1.165) is 12.8 Å². The zero-order valence-corrected chi connectivity index (χ0v) is 8.53. The molecule has 0 amide bonds. The van der Waals surface area contributed by atoms with Crippen LogP contribution < -0.4 is 5.32 Å². The van der Waals surface area contributed by atoms with Crippen LogP contribution in [0, 0.1) is 0 Å². The number of anilines is 1. The van der Waals surface area contributed by atoms with Crippen LogP contribution in [-0.4, -0.2) is 0 Å². The Labute approximate surface area is 89.8 Å². The Hall–Kier alpha value is -1.76. The number of hydrogen-bond donors (Lipinski definition) is 1. The maximum Gasteiger partial charge on any atom is 0.0457 e. The molecular formula is C14H13N. The predicted octanol–water partition coefficient (Wildman–Crippen LogP) is 3.73. The Morgan fingerprint density at radius 1 is 1.00 bits per heavy atom. The molecule has 1 nitrogen and oxygen atoms in total. The first-order valence-corrected chi connectivity index (χ1v) is 5.37. The lowest BCUT2D eigenvalue weighted by Gasteiger charge is -2.14. The summed E-state index contributed by atoms with van der Waals surface area (Å²) in [5, 5.41) is 3.49. The molecule has 0 aromatic heterocycles. The topological polar surface area (TPSA) is 12.0 Å². The zero-order chi connectivity index (χ0) is 10.1. The molecule has 1 aromatic rings. The van der Waals surface area contributed by atoms with E-state index in [2.05, 4.69) is 53.9 Å². The van der Waals surface area contributed by atoms with E-state index in [1.165, 1.54) is 22.5 Å². The van der Waals surface area contributed by atoms with E-state index < -0.39 is 0 Å². The van der Waals surface area contributed by atoms with E-state index in [4.69, 9.17) is 0 Å². The molecule has 1 aliphatic heterocycles. The molecule has 0 saturated carbocycles. The molecule has 0 atom stereocenters. The van der Waals surface area contributed by atoms with E-state index in [1.807, 2.05) is 0 Å². The van der Waals surface area contributed by atoms with Crippen LogP contribution in [-0.2, 0) is 0 Å². The van der Waals surface area contributed by atoms with Crippen molar-refractivity contribution >= 4 is 11.8 Å². The van der Waals surface area contributed by atoms with Gasteiger partial charge in [-0.2, -0.15) is 0 Å². The van der Waals surface area contributed by atoms with Crippen molar-refractivity contribution in [3.63, 3.8) is 0 Å². The molecule has 0 radical (unpaired) electrons. The maximum absolute atomic E-state index is 3.49. The van der Waals surface area contributed by atoms with Crippen molar-refractivity contribution < 1.29 is 0 Å². The number of hydrogen-bond acceptors (Lipinski definition) is 1. The van der Waals surface area contributed by atoms with Gasteiger partial charge in [-0.25, -0.2) is 0 Å². The van der Waals surface area contributed by atoms with Crippen LogP contribution in [0.5, 0.6) is 0 Å². The number of fused-ring (bicyclic) bond motifs is 1. The summed E-state index contributed by atoms with van der Waals surface area (Å²) in [6, 6.07) is 8.40. The van der Waals surface area contributed by atoms with Gasteiger partial charge >= 0.3 is 0 Å². The average Bonchev–Trinajstić information content (AvgIpc) is 2.48. The monoisotopic (exact) mass is 195 g/mol. The summed E-state index contributed by atoms with van der Waals surface area (Å²) in [4.78, 5) is 0. The minimum Gasteiger partial charge on any atom is -0.355 e. The first-order valence-electron chi connectivity index (χ1n) is 5.37. The van der Waals surface area contributed by atoms with Gasteiger partial charge in [-0.1, -0.05) is 36.4 Å². The number of nitrogens with one attached hydrogen (secondary N) is 1. The van der Waals surface area contributed by atoms with E-state index in [0.29, 0.717) is 0 Å². The van der Waals surface area contributed by atoms with Crippen LogP contribution in [0.25, 0.3) is 6.08 Å². The highest BCUT2D eigenvalue weighted by Crippen LogP contribution is 2.28. The third kappa shape index (κ3) is 1.50. The Kier molecular flexibility index (Phi) is 1.95. The van der Waals surface area contributed by atoms with E-state index >= 15 is 0 Å². The molecule has 0 unspecified atom stereocenters. The largest absolute Gasteiger partial charge is 0.355 e. The minimum atomic E-state index is 1.14. The molecule has 0 spiro atoms. The van der Waals surface area contributed by atoms with Crippen LogP contribution in [0.15, 0.2) is 53.8 Å². The van der Waals surface area contributed by atoms with Gasteiger partial charge in [0, 0.05) is 11.4 Å². The van der Waals surface area contributed by atoms with E-state index in [1.54, 1.807) is 0 Å². The summed E-state index contributed by atoms with van der Waals surface area (Å²) in [6.45, 7) is 0. The van der Waals surface area contributed by atoms with Crippen LogP contribution in [0.1, 0.15) is 18.4 Å². The minimum absolute atomic E-state index is 1.14. The molecule has 2 aliphatic rings. The third-order valence-electron chi connectivity index (χ3n) is 2.91. The molecule has 74 valence electrons. The number of para-hydroxylation sites is 1. The van der Waals surface area contributed by atoms with Crippen molar-refractivity contribution in [3.8, 4) is 0 Å². The lowest BCUT2D eigenvalue weighted by atomic mass is 10.0. The van der Waals surface area contributed by atoms with Gasteiger partial charge in [0.05, 0.1) is 0 Å². The van der Waals surface area contributed by atoms with Gasteiger partial charge in [-0.05, 0) is 36.1 Å². The smallest absolute Gasteiger partial charge is 0.0457 e. The molecule has 0 saturated heterocycles. The zero-order valence-electron chi connectivity index (χ0n) is 8.53. The first kappa shape index (κ1) is 8.54. The Balaban J connectivity index is 2.09. The highest BCUT2D eigenvalue weighted by molar-refractivity contribution is 5.73. The summed E-state index contributed by atoms with van der Waals surface area (Å²) in [7, 11) is 0. The van der Waals surface area contributed by atoms with Crippen LogP contribution >= 0.6 is 0 Å². The van der Waals surface area contributed by atoms with Gasteiger partial charge in [0.2, 0.25) is 0 Å². The first-order chi connectivity index (χ1) is 7.43. The maximum atomic E-state index is 3.49. The fraction of sp³-hybridized carbons (Fsp3) is 0.143. The molecule has 1 N–H and O–H groups in total. The molecule has 3 rings (SSSR count).